The fourth-order valence-electron chi connectivity index (χ4n) is 3.17. The molecule has 0 radical (unpaired) electrons. The normalized spacial score (nSPS) is 15.6. The van der Waals surface area contributed by atoms with Gasteiger partial charge in [0.15, 0.2) is 11.5 Å². The number of anilines is 1. The van der Waals surface area contributed by atoms with Crippen LogP contribution in [0.15, 0.2) is 42.5 Å². The Morgan fingerprint density at radius 3 is 2.84 bits per heavy atom. The molecular formula is C20H24N2O3. The molecule has 2 aromatic carbocycles. The maximum atomic E-state index is 12.5. The molecule has 1 N–H and O–H groups in total. The molecule has 0 aromatic heterocycles. The molecule has 1 atom stereocenters. The minimum absolute atomic E-state index is 0.0862. The predicted octanol–water partition coefficient (Wildman–Crippen LogP) is 3.54. The molecule has 1 unspecified atom stereocenters. The van der Waals surface area contributed by atoms with Crippen LogP contribution in [0.1, 0.15) is 18.1 Å². The summed E-state index contributed by atoms with van der Waals surface area (Å²) >= 11 is 0. The molecule has 0 bridgehead atoms. The molecule has 25 heavy (non-hydrogen) atoms. The monoisotopic (exact) mass is 340 g/mol. The van der Waals surface area contributed by atoms with Crippen LogP contribution in [0.5, 0.6) is 11.5 Å². The van der Waals surface area contributed by atoms with Crippen LogP contribution >= 0.6 is 0 Å². The van der Waals surface area contributed by atoms with Gasteiger partial charge in [-0.15, -0.1) is 0 Å². The van der Waals surface area contributed by atoms with Gasteiger partial charge in [0, 0.05) is 11.7 Å². The number of nitrogens with zero attached hydrogens (tertiary/aromatic N) is 1. The topological polar surface area (TPSA) is 50.8 Å². The first-order chi connectivity index (χ1) is 12.1. The summed E-state index contributed by atoms with van der Waals surface area (Å²) in [6.07, 6.45) is 0.890. The van der Waals surface area contributed by atoms with Gasteiger partial charge in [0.1, 0.15) is 6.61 Å². The highest BCUT2D eigenvalue weighted by molar-refractivity contribution is 5.94. The zero-order valence-corrected chi connectivity index (χ0v) is 14.9. The molecule has 1 heterocycles. The third-order valence-electron chi connectivity index (χ3n) is 4.38. The SMILES string of the molecule is COc1cc(C)ccc1OCCNC(=O)N1c2ccccc2CC1C. The van der Waals surface area contributed by atoms with E-state index in [-0.39, 0.29) is 12.1 Å². The van der Waals surface area contributed by atoms with E-state index < -0.39 is 0 Å². The number of ether oxygens (including phenoxy) is 2. The summed E-state index contributed by atoms with van der Waals surface area (Å²) in [5, 5.41) is 2.94. The summed E-state index contributed by atoms with van der Waals surface area (Å²) in [5.74, 6) is 1.38. The number of nitrogens with one attached hydrogen (secondary N) is 1. The van der Waals surface area contributed by atoms with Crippen LogP contribution in [-0.2, 0) is 6.42 Å². The molecule has 0 spiro atoms. The molecule has 2 amide bonds. The van der Waals surface area contributed by atoms with E-state index in [4.69, 9.17) is 9.47 Å². The first kappa shape index (κ1) is 17.1. The van der Waals surface area contributed by atoms with Crippen molar-refractivity contribution < 1.29 is 14.3 Å². The number of fused-ring (bicyclic) bond motifs is 1. The Balaban J connectivity index is 1.54. The van der Waals surface area contributed by atoms with Crippen molar-refractivity contribution in [3.63, 3.8) is 0 Å². The fraction of sp³-hybridized carbons (Fsp3) is 0.350. The van der Waals surface area contributed by atoms with Crippen LogP contribution in [0.2, 0.25) is 0 Å². The Morgan fingerprint density at radius 2 is 2.04 bits per heavy atom. The molecule has 3 rings (SSSR count). The number of urea groups is 1. The molecule has 2 aromatic rings. The number of amides is 2. The van der Waals surface area contributed by atoms with Crippen molar-refractivity contribution in [2.75, 3.05) is 25.2 Å². The fourth-order valence-corrected chi connectivity index (χ4v) is 3.17. The highest BCUT2D eigenvalue weighted by Crippen LogP contribution is 2.31. The van der Waals surface area contributed by atoms with Crippen molar-refractivity contribution in [3.05, 3.63) is 53.6 Å². The van der Waals surface area contributed by atoms with Crippen LogP contribution in [0.4, 0.5) is 10.5 Å². The van der Waals surface area contributed by atoms with Crippen LogP contribution in [0.25, 0.3) is 0 Å². The molecule has 0 fully saturated rings. The summed E-state index contributed by atoms with van der Waals surface area (Å²) < 4.78 is 11.1. The highest BCUT2D eigenvalue weighted by atomic mass is 16.5. The molecule has 0 aliphatic carbocycles. The van der Waals surface area contributed by atoms with Crippen molar-refractivity contribution in [1.82, 2.24) is 5.32 Å². The van der Waals surface area contributed by atoms with Gasteiger partial charge in [-0.2, -0.15) is 0 Å². The quantitative estimate of drug-likeness (QED) is 0.847. The van der Waals surface area contributed by atoms with E-state index in [1.807, 2.05) is 48.2 Å². The highest BCUT2D eigenvalue weighted by Gasteiger charge is 2.30. The zero-order valence-electron chi connectivity index (χ0n) is 14.9. The summed E-state index contributed by atoms with van der Waals surface area (Å²) in [6.45, 7) is 4.88. The van der Waals surface area contributed by atoms with Crippen LogP contribution in [0, 0.1) is 6.92 Å². The molecule has 0 saturated carbocycles. The third-order valence-corrected chi connectivity index (χ3v) is 4.38. The van der Waals surface area contributed by atoms with E-state index in [2.05, 4.69) is 18.3 Å². The predicted molar refractivity (Wildman–Crippen MR) is 98.7 cm³/mol. The maximum Gasteiger partial charge on any atom is 0.322 e. The average Bonchev–Trinajstić information content (AvgIpc) is 2.95. The van der Waals surface area contributed by atoms with E-state index >= 15 is 0 Å². The summed E-state index contributed by atoms with van der Waals surface area (Å²) in [6, 6.07) is 13.9. The molecule has 0 saturated heterocycles. The molecule has 132 valence electrons. The minimum atomic E-state index is -0.0862. The number of aryl methyl sites for hydroxylation is 1. The number of rotatable bonds is 5. The van der Waals surface area contributed by atoms with Crippen molar-refractivity contribution in [1.29, 1.82) is 0 Å². The van der Waals surface area contributed by atoms with E-state index in [0.717, 1.165) is 17.7 Å². The van der Waals surface area contributed by atoms with Gasteiger partial charge in [-0.3, -0.25) is 4.90 Å². The number of carbonyl (C=O) groups excluding carboxylic acids is 1. The summed E-state index contributed by atoms with van der Waals surface area (Å²) in [5.41, 5.74) is 3.32. The molecule has 1 aliphatic rings. The third kappa shape index (κ3) is 3.71. The Morgan fingerprint density at radius 1 is 1.24 bits per heavy atom. The Hall–Kier alpha value is -2.69. The minimum Gasteiger partial charge on any atom is -0.493 e. The number of carbonyl (C=O) groups is 1. The van der Waals surface area contributed by atoms with Crippen molar-refractivity contribution in [2.45, 2.75) is 26.3 Å². The van der Waals surface area contributed by atoms with Gasteiger partial charge in [0.05, 0.1) is 13.7 Å². The number of methoxy groups -OCH3 is 1. The van der Waals surface area contributed by atoms with Crippen LogP contribution < -0.4 is 19.7 Å². The maximum absolute atomic E-state index is 12.5. The van der Waals surface area contributed by atoms with Crippen molar-refractivity contribution in [2.24, 2.45) is 0 Å². The lowest BCUT2D eigenvalue weighted by molar-refractivity contribution is 0.239. The van der Waals surface area contributed by atoms with Gasteiger partial charge in [-0.1, -0.05) is 24.3 Å². The Bertz CT molecular complexity index is 760. The number of para-hydroxylation sites is 1. The lowest BCUT2D eigenvalue weighted by Gasteiger charge is -2.23. The van der Waals surface area contributed by atoms with E-state index in [1.54, 1.807) is 7.11 Å². The van der Waals surface area contributed by atoms with Gasteiger partial charge < -0.3 is 14.8 Å². The van der Waals surface area contributed by atoms with E-state index in [9.17, 15) is 4.79 Å². The van der Waals surface area contributed by atoms with Gasteiger partial charge in [-0.05, 0) is 49.6 Å². The van der Waals surface area contributed by atoms with Crippen molar-refractivity contribution >= 4 is 11.7 Å². The van der Waals surface area contributed by atoms with Crippen LogP contribution in [0.3, 0.4) is 0 Å². The lowest BCUT2D eigenvalue weighted by atomic mass is 10.1. The first-order valence-corrected chi connectivity index (χ1v) is 8.52. The van der Waals surface area contributed by atoms with Gasteiger partial charge in [0.2, 0.25) is 0 Å². The average molecular weight is 340 g/mol. The smallest absolute Gasteiger partial charge is 0.322 e. The summed E-state index contributed by atoms with van der Waals surface area (Å²) in [4.78, 5) is 14.4. The molecule has 5 nitrogen and oxygen atoms in total. The van der Waals surface area contributed by atoms with Gasteiger partial charge in [0.25, 0.3) is 0 Å². The van der Waals surface area contributed by atoms with Crippen molar-refractivity contribution in [3.8, 4) is 11.5 Å². The molecular weight excluding hydrogens is 316 g/mol. The van der Waals surface area contributed by atoms with E-state index in [1.165, 1.54) is 5.56 Å². The Labute approximate surface area is 148 Å². The number of hydrogen-bond donors (Lipinski definition) is 1. The lowest BCUT2D eigenvalue weighted by Crippen LogP contribution is -2.44. The second-order valence-corrected chi connectivity index (χ2v) is 6.29. The number of hydrogen-bond acceptors (Lipinski definition) is 3. The van der Waals surface area contributed by atoms with E-state index in [0.29, 0.717) is 24.7 Å². The second-order valence-electron chi connectivity index (χ2n) is 6.29. The standard InChI is InChI=1S/C20H24N2O3/c1-14-8-9-18(19(12-14)24-3)25-11-10-21-20(23)22-15(2)13-16-6-4-5-7-17(16)22/h4-9,12,15H,10-11,13H2,1-3H3,(H,21,23). The largest absolute Gasteiger partial charge is 0.493 e. The molecule has 1 aliphatic heterocycles. The van der Waals surface area contributed by atoms with Crippen LogP contribution in [-0.4, -0.2) is 32.3 Å². The Kier molecular flexibility index (Phi) is 5.12. The zero-order chi connectivity index (χ0) is 17.8. The molecule has 5 heteroatoms. The van der Waals surface area contributed by atoms with Gasteiger partial charge >= 0.3 is 6.03 Å². The first-order valence-electron chi connectivity index (χ1n) is 8.52. The summed E-state index contributed by atoms with van der Waals surface area (Å²) in [7, 11) is 1.62. The second kappa shape index (κ2) is 7.47. The number of benzene rings is 2. The van der Waals surface area contributed by atoms with Gasteiger partial charge in [-0.25, -0.2) is 4.79 Å².